The van der Waals surface area contributed by atoms with Crippen LogP contribution in [0.2, 0.25) is 0 Å². The van der Waals surface area contributed by atoms with E-state index in [0.717, 1.165) is 17.2 Å². The van der Waals surface area contributed by atoms with E-state index in [1.807, 2.05) is 18.2 Å². The van der Waals surface area contributed by atoms with Crippen LogP contribution in [0.1, 0.15) is 31.7 Å². The van der Waals surface area contributed by atoms with E-state index in [4.69, 9.17) is 14.0 Å². The number of halogens is 4. The van der Waals surface area contributed by atoms with E-state index in [9.17, 15) is 26.0 Å². The average Bonchev–Trinajstić information content (AvgIpc) is 2.75. The second-order valence-corrected chi connectivity index (χ2v) is 8.52. The van der Waals surface area contributed by atoms with Crippen LogP contribution >= 0.6 is 0 Å². The molecule has 0 aromatic heterocycles. The van der Waals surface area contributed by atoms with Crippen molar-refractivity contribution >= 4 is 20.9 Å². The van der Waals surface area contributed by atoms with Gasteiger partial charge in [-0.1, -0.05) is 38.1 Å². The second-order valence-electron chi connectivity index (χ2n) is 7.16. The third kappa shape index (κ3) is 4.81. The summed E-state index contributed by atoms with van der Waals surface area (Å²) in [4.78, 5) is -2.12. The minimum Gasteiger partial charge on any atom is -0.490 e. The Balaban J connectivity index is 1.69. The van der Waals surface area contributed by atoms with Crippen LogP contribution < -0.4 is 9.47 Å². The molecule has 0 saturated carbocycles. The maximum atomic E-state index is 14.0. The van der Waals surface area contributed by atoms with Crippen LogP contribution in [-0.2, 0) is 10.1 Å². The average molecular weight is 472 g/mol. The zero-order chi connectivity index (χ0) is 23.6. The molecule has 0 saturated heterocycles. The summed E-state index contributed by atoms with van der Waals surface area (Å²) in [5.41, 5.74) is 1.21. The molecule has 5 nitrogen and oxygen atoms in total. The molecule has 0 spiro atoms. The van der Waals surface area contributed by atoms with Crippen LogP contribution in [0.5, 0.6) is 11.5 Å². The maximum absolute atomic E-state index is 14.0. The van der Waals surface area contributed by atoms with Gasteiger partial charge in [0.1, 0.15) is 19.0 Å². The molecule has 1 atom stereocenters. The molecule has 32 heavy (non-hydrogen) atoms. The smallest absolute Gasteiger partial charge is 0.300 e. The Hall–Kier alpha value is -2.85. The quantitative estimate of drug-likeness (QED) is 0.200. The van der Waals surface area contributed by atoms with Gasteiger partial charge in [-0.3, -0.25) is 4.55 Å². The summed E-state index contributed by atoms with van der Waals surface area (Å²) in [5, 5.41) is 1.93. The summed E-state index contributed by atoms with van der Waals surface area (Å²) < 4.78 is 96.3. The van der Waals surface area contributed by atoms with Gasteiger partial charge in [-0.25, -0.2) is 8.78 Å². The van der Waals surface area contributed by atoms with E-state index >= 15 is 0 Å². The minimum atomic E-state index is -5.52. The van der Waals surface area contributed by atoms with Gasteiger partial charge >= 0.3 is 10.1 Å². The van der Waals surface area contributed by atoms with Crippen LogP contribution in [0, 0.1) is 23.3 Å². The van der Waals surface area contributed by atoms with Crippen molar-refractivity contribution < 1.29 is 40.0 Å². The predicted molar refractivity (Wildman–Crippen MR) is 110 cm³/mol. The van der Waals surface area contributed by atoms with Gasteiger partial charge in [-0.2, -0.15) is 17.2 Å². The normalized spacial score (nSPS) is 12.7. The molecule has 172 valence electrons. The molecule has 3 aromatic rings. The highest BCUT2D eigenvalue weighted by atomic mass is 32.2. The summed E-state index contributed by atoms with van der Waals surface area (Å²) in [6, 6.07) is 11.4. The first-order chi connectivity index (χ1) is 15.0. The third-order valence-corrected chi connectivity index (χ3v) is 5.93. The largest absolute Gasteiger partial charge is 0.490 e. The van der Waals surface area contributed by atoms with Gasteiger partial charge in [-0.15, -0.1) is 0 Å². The first-order valence-electron chi connectivity index (χ1n) is 9.67. The first-order valence-corrected chi connectivity index (χ1v) is 11.1. The number of hydrogen-bond donors (Lipinski definition) is 1. The Kier molecular flexibility index (Phi) is 6.94. The maximum Gasteiger partial charge on any atom is 0.300 e. The summed E-state index contributed by atoms with van der Waals surface area (Å²) in [5.74, 6) is -9.32. The van der Waals surface area contributed by atoms with Crippen molar-refractivity contribution in [3.05, 3.63) is 65.2 Å². The molecule has 10 heteroatoms. The SMILES string of the molecule is CCC(C)c1ccc2cc(OCCOc3c(F)c(F)c(S(=O)(=O)O)c(F)c3F)ccc2c1. The van der Waals surface area contributed by atoms with E-state index in [2.05, 4.69) is 19.9 Å². The number of rotatable bonds is 8. The zero-order valence-electron chi connectivity index (χ0n) is 17.2. The van der Waals surface area contributed by atoms with Gasteiger partial charge in [0.15, 0.2) is 22.3 Å². The molecular formula is C22H20F4O5S. The van der Waals surface area contributed by atoms with Crippen LogP contribution in [0.3, 0.4) is 0 Å². The van der Waals surface area contributed by atoms with Gasteiger partial charge in [0.2, 0.25) is 11.6 Å². The molecule has 0 bridgehead atoms. The molecule has 3 rings (SSSR count). The Bertz CT molecular complexity index is 1230. The van der Waals surface area contributed by atoms with Crippen molar-refractivity contribution in [2.75, 3.05) is 13.2 Å². The highest BCUT2D eigenvalue weighted by molar-refractivity contribution is 7.85. The van der Waals surface area contributed by atoms with Crippen molar-refractivity contribution in [2.45, 2.75) is 31.1 Å². The van der Waals surface area contributed by atoms with Gasteiger partial charge < -0.3 is 9.47 Å². The lowest BCUT2D eigenvalue weighted by molar-refractivity contribution is 0.199. The molecule has 0 aliphatic rings. The lowest BCUT2D eigenvalue weighted by Crippen LogP contribution is -2.15. The summed E-state index contributed by atoms with van der Waals surface area (Å²) in [6.45, 7) is 3.52. The number of fused-ring (bicyclic) bond motifs is 1. The minimum absolute atomic E-state index is 0.224. The fraction of sp³-hybridized carbons (Fsp3) is 0.273. The third-order valence-electron chi connectivity index (χ3n) is 5.06. The lowest BCUT2D eigenvalue weighted by atomic mass is 9.96. The van der Waals surface area contributed by atoms with Crippen LogP contribution in [0.4, 0.5) is 17.6 Å². The van der Waals surface area contributed by atoms with Gasteiger partial charge in [0.25, 0.3) is 0 Å². The van der Waals surface area contributed by atoms with E-state index in [-0.39, 0.29) is 6.61 Å². The lowest BCUT2D eigenvalue weighted by Gasteiger charge is -2.13. The Morgan fingerprint density at radius 2 is 1.44 bits per heavy atom. The first kappa shape index (κ1) is 23.8. The van der Waals surface area contributed by atoms with E-state index in [1.165, 1.54) is 5.56 Å². The summed E-state index contributed by atoms with van der Waals surface area (Å²) in [7, 11) is -5.52. The standard InChI is InChI=1S/C22H20F4O5S/c1-3-12(2)13-4-5-15-11-16(7-6-14(15)10-13)30-8-9-31-21-17(23)19(25)22(32(27,28)29)20(26)18(21)24/h4-7,10-12H,3,8-9H2,1-2H3,(H,27,28,29). The number of benzene rings is 3. The van der Waals surface area contributed by atoms with E-state index in [0.29, 0.717) is 11.7 Å². The van der Waals surface area contributed by atoms with Gasteiger partial charge in [-0.05, 0) is 40.8 Å². The van der Waals surface area contributed by atoms with E-state index in [1.54, 1.807) is 12.1 Å². The van der Waals surface area contributed by atoms with Crippen LogP contribution in [-0.4, -0.2) is 26.2 Å². The Labute approximate surface area is 182 Å². The molecule has 1 unspecified atom stereocenters. The van der Waals surface area contributed by atoms with Crippen molar-refractivity contribution in [2.24, 2.45) is 0 Å². The second kappa shape index (κ2) is 9.33. The zero-order valence-corrected chi connectivity index (χ0v) is 18.0. The topological polar surface area (TPSA) is 72.8 Å². The van der Waals surface area contributed by atoms with Crippen molar-refractivity contribution in [1.29, 1.82) is 0 Å². The fourth-order valence-corrected chi connectivity index (χ4v) is 3.75. The molecule has 0 aliphatic carbocycles. The monoisotopic (exact) mass is 472 g/mol. The number of hydrogen-bond acceptors (Lipinski definition) is 4. The molecule has 0 radical (unpaired) electrons. The highest BCUT2D eigenvalue weighted by Gasteiger charge is 2.33. The van der Waals surface area contributed by atoms with Crippen molar-refractivity contribution in [3.63, 3.8) is 0 Å². The molecule has 0 heterocycles. The molecular weight excluding hydrogens is 452 g/mol. The van der Waals surface area contributed by atoms with Gasteiger partial charge in [0.05, 0.1) is 0 Å². The van der Waals surface area contributed by atoms with Gasteiger partial charge in [0, 0.05) is 0 Å². The molecule has 3 aromatic carbocycles. The summed E-state index contributed by atoms with van der Waals surface area (Å²) in [6.07, 6.45) is 1.01. The fourth-order valence-electron chi connectivity index (χ4n) is 3.12. The molecule has 1 N–H and O–H groups in total. The molecule has 0 aliphatic heterocycles. The number of ether oxygens (including phenoxy) is 2. The predicted octanol–water partition coefficient (Wildman–Crippen LogP) is 5.61. The Morgan fingerprint density at radius 1 is 0.875 bits per heavy atom. The molecule has 0 fully saturated rings. The van der Waals surface area contributed by atoms with Crippen LogP contribution in [0.15, 0.2) is 41.3 Å². The Morgan fingerprint density at radius 3 is 2.03 bits per heavy atom. The van der Waals surface area contributed by atoms with Crippen molar-refractivity contribution in [1.82, 2.24) is 0 Å². The molecule has 0 amide bonds. The highest BCUT2D eigenvalue weighted by Crippen LogP contribution is 2.32. The van der Waals surface area contributed by atoms with Crippen molar-refractivity contribution in [3.8, 4) is 11.5 Å². The van der Waals surface area contributed by atoms with E-state index < -0.39 is 50.6 Å². The van der Waals surface area contributed by atoms with Crippen LogP contribution in [0.25, 0.3) is 10.8 Å². The summed E-state index contributed by atoms with van der Waals surface area (Å²) >= 11 is 0.